The molecule has 2 N–H and O–H groups in total. The fourth-order valence-corrected chi connectivity index (χ4v) is 3.36. The van der Waals surface area contributed by atoms with Crippen LogP contribution >= 0.6 is 12.4 Å². The van der Waals surface area contributed by atoms with Crippen molar-refractivity contribution in [3.8, 4) is 0 Å². The first kappa shape index (κ1) is 17.7. The van der Waals surface area contributed by atoms with Crippen molar-refractivity contribution in [1.29, 1.82) is 0 Å². The molecule has 118 valence electrons. The molecule has 0 aromatic heterocycles. The molecule has 1 saturated heterocycles. The largest absolute Gasteiger partial charge is 0.384 e. The number of piperidine rings is 1. The number of nitrogens with one attached hydrogen (secondary N) is 2. The molecule has 2 rings (SSSR count). The zero-order valence-corrected chi connectivity index (χ0v) is 13.6. The molecule has 1 aliphatic carbocycles. The van der Waals surface area contributed by atoms with Gasteiger partial charge in [-0.1, -0.05) is 6.92 Å². The summed E-state index contributed by atoms with van der Waals surface area (Å²) < 4.78 is 5.32. The fourth-order valence-electron chi connectivity index (χ4n) is 3.36. The lowest BCUT2D eigenvalue weighted by atomic mass is 9.78. The standard InChI is InChI=1S/C15H28N2O2.ClH/c1-12-3-5-13(6-4-12)17-14(18)15(11-19-2)7-9-16-10-8-15;/h12-13,16H,3-11H2,1-2H3,(H,17,18);1H. The smallest absolute Gasteiger partial charge is 0.228 e. The Morgan fingerprint density at radius 1 is 1.25 bits per heavy atom. The molecule has 0 unspecified atom stereocenters. The number of ether oxygens (including phenoxy) is 1. The molecule has 0 bridgehead atoms. The Hall–Kier alpha value is -0.320. The van der Waals surface area contributed by atoms with E-state index in [2.05, 4.69) is 17.6 Å². The molecule has 1 saturated carbocycles. The number of rotatable bonds is 4. The summed E-state index contributed by atoms with van der Waals surface area (Å²) in [6, 6.07) is 0.382. The van der Waals surface area contributed by atoms with Crippen molar-refractivity contribution in [2.24, 2.45) is 11.3 Å². The van der Waals surface area contributed by atoms with Crippen LogP contribution < -0.4 is 10.6 Å². The molecular weight excluding hydrogens is 276 g/mol. The highest BCUT2D eigenvalue weighted by atomic mass is 35.5. The quantitative estimate of drug-likeness (QED) is 0.836. The Kier molecular flexibility index (Phi) is 7.27. The molecule has 1 heterocycles. The summed E-state index contributed by atoms with van der Waals surface area (Å²) >= 11 is 0. The molecule has 0 aromatic rings. The minimum atomic E-state index is -0.303. The van der Waals surface area contributed by atoms with Gasteiger partial charge in [-0.05, 0) is 57.5 Å². The van der Waals surface area contributed by atoms with Crippen LogP contribution in [-0.2, 0) is 9.53 Å². The lowest BCUT2D eigenvalue weighted by Gasteiger charge is -2.37. The maximum absolute atomic E-state index is 12.6. The Morgan fingerprint density at radius 3 is 2.40 bits per heavy atom. The molecule has 1 aliphatic heterocycles. The molecule has 2 fully saturated rings. The van der Waals surface area contributed by atoms with Crippen molar-refractivity contribution in [3.63, 3.8) is 0 Å². The monoisotopic (exact) mass is 304 g/mol. The van der Waals surface area contributed by atoms with Gasteiger partial charge in [0.1, 0.15) is 0 Å². The molecular formula is C15H29ClN2O2. The van der Waals surface area contributed by atoms with E-state index < -0.39 is 0 Å². The predicted molar refractivity (Wildman–Crippen MR) is 83.2 cm³/mol. The van der Waals surface area contributed by atoms with Gasteiger partial charge in [-0.3, -0.25) is 4.79 Å². The molecule has 0 atom stereocenters. The van der Waals surface area contributed by atoms with Gasteiger partial charge in [0.15, 0.2) is 0 Å². The molecule has 0 radical (unpaired) electrons. The van der Waals surface area contributed by atoms with Gasteiger partial charge in [-0.15, -0.1) is 12.4 Å². The van der Waals surface area contributed by atoms with Crippen LogP contribution in [0.15, 0.2) is 0 Å². The summed E-state index contributed by atoms with van der Waals surface area (Å²) in [7, 11) is 1.69. The number of carbonyl (C=O) groups is 1. The summed E-state index contributed by atoms with van der Waals surface area (Å²) in [5, 5.41) is 6.61. The molecule has 5 heteroatoms. The van der Waals surface area contributed by atoms with E-state index >= 15 is 0 Å². The number of hydrogen-bond acceptors (Lipinski definition) is 3. The van der Waals surface area contributed by atoms with E-state index in [4.69, 9.17) is 4.74 Å². The van der Waals surface area contributed by atoms with Gasteiger partial charge in [0, 0.05) is 13.2 Å². The number of hydrogen-bond donors (Lipinski definition) is 2. The zero-order valence-electron chi connectivity index (χ0n) is 12.7. The molecule has 0 aromatic carbocycles. The summed E-state index contributed by atoms with van der Waals surface area (Å²) in [6.45, 7) is 4.68. The first-order chi connectivity index (χ1) is 9.16. The zero-order chi connectivity index (χ0) is 13.7. The average Bonchev–Trinajstić information content (AvgIpc) is 2.43. The van der Waals surface area contributed by atoms with Crippen LogP contribution in [0.2, 0.25) is 0 Å². The molecule has 2 aliphatic rings. The Labute approximate surface area is 128 Å². The van der Waals surface area contributed by atoms with Crippen LogP contribution in [0.3, 0.4) is 0 Å². The highest BCUT2D eigenvalue weighted by molar-refractivity contribution is 5.85. The van der Waals surface area contributed by atoms with Crippen LogP contribution in [0, 0.1) is 11.3 Å². The van der Waals surface area contributed by atoms with Crippen LogP contribution in [0.25, 0.3) is 0 Å². The fraction of sp³-hybridized carbons (Fsp3) is 0.933. The molecule has 1 amide bonds. The summed E-state index contributed by atoms with van der Waals surface area (Å²) in [5.74, 6) is 1.04. The van der Waals surface area contributed by atoms with E-state index in [1.807, 2.05) is 0 Å². The first-order valence-electron chi connectivity index (χ1n) is 7.67. The predicted octanol–water partition coefficient (Wildman–Crippen LogP) is 2.12. The van der Waals surface area contributed by atoms with Crippen molar-refractivity contribution in [1.82, 2.24) is 10.6 Å². The molecule has 4 nitrogen and oxygen atoms in total. The van der Waals surface area contributed by atoms with Crippen LogP contribution in [0.1, 0.15) is 45.4 Å². The van der Waals surface area contributed by atoms with Gasteiger partial charge in [0.05, 0.1) is 12.0 Å². The number of carbonyl (C=O) groups excluding carboxylic acids is 1. The van der Waals surface area contributed by atoms with Gasteiger partial charge >= 0.3 is 0 Å². The van der Waals surface area contributed by atoms with Gasteiger partial charge in [-0.2, -0.15) is 0 Å². The maximum Gasteiger partial charge on any atom is 0.228 e. The van der Waals surface area contributed by atoms with Crippen molar-refractivity contribution in [3.05, 3.63) is 0 Å². The third kappa shape index (κ3) is 4.34. The van der Waals surface area contributed by atoms with E-state index in [1.54, 1.807) is 7.11 Å². The van der Waals surface area contributed by atoms with Crippen molar-refractivity contribution >= 4 is 18.3 Å². The lowest BCUT2D eigenvalue weighted by Crippen LogP contribution is -2.52. The number of halogens is 1. The van der Waals surface area contributed by atoms with E-state index in [1.165, 1.54) is 12.8 Å². The first-order valence-corrected chi connectivity index (χ1v) is 7.67. The van der Waals surface area contributed by atoms with Crippen molar-refractivity contribution < 1.29 is 9.53 Å². The van der Waals surface area contributed by atoms with E-state index in [9.17, 15) is 4.79 Å². The Bertz CT molecular complexity index is 293. The van der Waals surface area contributed by atoms with E-state index in [0.29, 0.717) is 12.6 Å². The molecule has 20 heavy (non-hydrogen) atoms. The van der Waals surface area contributed by atoms with Gasteiger partial charge in [0.2, 0.25) is 5.91 Å². The van der Waals surface area contributed by atoms with Gasteiger partial charge < -0.3 is 15.4 Å². The van der Waals surface area contributed by atoms with E-state index in [-0.39, 0.29) is 23.7 Å². The third-order valence-corrected chi connectivity index (χ3v) is 4.81. The maximum atomic E-state index is 12.6. The summed E-state index contributed by atoms with van der Waals surface area (Å²) in [5.41, 5.74) is -0.303. The van der Waals surface area contributed by atoms with Crippen LogP contribution in [-0.4, -0.2) is 38.8 Å². The Balaban J connectivity index is 0.00000200. The van der Waals surface area contributed by atoms with Gasteiger partial charge in [-0.25, -0.2) is 0 Å². The topological polar surface area (TPSA) is 50.4 Å². The SMILES string of the molecule is COCC1(C(=O)NC2CCC(C)CC2)CCNCC1.Cl. The minimum absolute atomic E-state index is 0. The molecule has 0 spiro atoms. The lowest BCUT2D eigenvalue weighted by molar-refractivity contribution is -0.137. The second-order valence-corrected chi connectivity index (χ2v) is 6.39. The highest BCUT2D eigenvalue weighted by Crippen LogP contribution is 2.31. The van der Waals surface area contributed by atoms with E-state index in [0.717, 1.165) is 44.7 Å². The second kappa shape index (κ2) is 8.20. The second-order valence-electron chi connectivity index (χ2n) is 6.39. The van der Waals surface area contributed by atoms with Crippen molar-refractivity contribution in [2.75, 3.05) is 26.8 Å². The summed E-state index contributed by atoms with van der Waals surface area (Å²) in [6.07, 6.45) is 6.52. The highest BCUT2D eigenvalue weighted by Gasteiger charge is 2.40. The van der Waals surface area contributed by atoms with Crippen molar-refractivity contribution in [2.45, 2.75) is 51.5 Å². The average molecular weight is 305 g/mol. The Morgan fingerprint density at radius 2 is 1.85 bits per heavy atom. The normalized spacial score (nSPS) is 29.3. The van der Waals surface area contributed by atoms with Gasteiger partial charge in [0.25, 0.3) is 0 Å². The van der Waals surface area contributed by atoms with Crippen LogP contribution in [0.4, 0.5) is 0 Å². The number of amides is 1. The summed E-state index contributed by atoms with van der Waals surface area (Å²) in [4.78, 5) is 12.6. The van der Waals surface area contributed by atoms with Crippen LogP contribution in [0.5, 0.6) is 0 Å². The minimum Gasteiger partial charge on any atom is -0.384 e. The number of methoxy groups -OCH3 is 1. The third-order valence-electron chi connectivity index (χ3n) is 4.81.